The topological polar surface area (TPSA) is 61.9 Å². The summed E-state index contributed by atoms with van der Waals surface area (Å²) in [6.07, 6.45) is 0.814. The van der Waals surface area contributed by atoms with Gasteiger partial charge in [-0.25, -0.2) is 4.79 Å². The van der Waals surface area contributed by atoms with Crippen molar-refractivity contribution in [3.8, 4) is 0 Å². The number of carbonyl (C=O) groups is 2. The van der Waals surface area contributed by atoms with Crippen molar-refractivity contribution in [2.45, 2.75) is 13.3 Å². The first-order valence-electron chi connectivity index (χ1n) is 7.87. The number of esters is 1. The molecular weight excluding hydrogens is 330 g/mol. The molecule has 0 aliphatic rings. The quantitative estimate of drug-likeness (QED) is 0.728. The average molecular weight is 356 g/mol. The average Bonchev–Trinajstić information content (AvgIpc) is 2.54. The fourth-order valence-electron chi connectivity index (χ4n) is 2.20. The van der Waals surface area contributed by atoms with Crippen molar-refractivity contribution >= 4 is 29.3 Å². The van der Waals surface area contributed by atoms with Crippen LogP contribution in [0.15, 0.2) is 24.3 Å². The lowest BCUT2D eigenvalue weighted by molar-refractivity contribution is -0.145. The number of urea groups is 1. The summed E-state index contributed by atoms with van der Waals surface area (Å²) in [5, 5.41) is 3.44. The van der Waals surface area contributed by atoms with Crippen LogP contribution in [0.4, 0.5) is 10.5 Å². The van der Waals surface area contributed by atoms with Gasteiger partial charge in [-0.2, -0.15) is 0 Å². The van der Waals surface area contributed by atoms with Gasteiger partial charge in [-0.3, -0.25) is 4.79 Å². The Labute approximate surface area is 148 Å². The van der Waals surface area contributed by atoms with Gasteiger partial charge in [0.1, 0.15) is 0 Å². The molecular formula is C17H26ClN3O3. The molecule has 1 N–H and O–H groups in total. The molecule has 1 aromatic rings. The summed E-state index contributed by atoms with van der Waals surface area (Å²) in [4.78, 5) is 27.9. The first kappa shape index (κ1) is 20.3. The Hall–Kier alpha value is -1.79. The number of benzene rings is 1. The molecule has 0 saturated carbocycles. The van der Waals surface area contributed by atoms with Gasteiger partial charge in [0, 0.05) is 23.8 Å². The van der Waals surface area contributed by atoms with E-state index in [1.54, 1.807) is 36.1 Å². The second kappa shape index (κ2) is 10.2. The number of hydrogen-bond acceptors (Lipinski definition) is 4. The zero-order valence-electron chi connectivity index (χ0n) is 14.7. The largest absolute Gasteiger partial charge is 0.469 e. The predicted molar refractivity (Wildman–Crippen MR) is 96.4 cm³/mol. The van der Waals surface area contributed by atoms with Crippen molar-refractivity contribution in [2.24, 2.45) is 5.92 Å². The molecule has 1 rings (SSSR count). The van der Waals surface area contributed by atoms with E-state index in [0.717, 1.165) is 13.0 Å². The third kappa shape index (κ3) is 7.19. The number of ether oxygens (including phenoxy) is 1. The number of rotatable bonds is 8. The highest BCUT2D eigenvalue weighted by Crippen LogP contribution is 2.14. The molecule has 6 nitrogen and oxygen atoms in total. The van der Waals surface area contributed by atoms with Gasteiger partial charge in [0.05, 0.1) is 13.0 Å². The molecule has 1 unspecified atom stereocenters. The van der Waals surface area contributed by atoms with E-state index >= 15 is 0 Å². The lowest BCUT2D eigenvalue weighted by Crippen LogP contribution is -2.41. The number of halogens is 1. The fourth-order valence-corrected chi connectivity index (χ4v) is 2.32. The first-order valence-corrected chi connectivity index (χ1v) is 8.25. The maximum atomic E-state index is 12.5. The molecule has 2 amide bonds. The van der Waals surface area contributed by atoms with E-state index in [1.165, 1.54) is 7.11 Å². The van der Waals surface area contributed by atoms with Crippen LogP contribution in [-0.2, 0) is 9.53 Å². The summed E-state index contributed by atoms with van der Waals surface area (Å²) < 4.78 is 4.75. The second-order valence-corrected chi connectivity index (χ2v) is 6.40. The Morgan fingerprint density at radius 1 is 1.21 bits per heavy atom. The molecule has 0 aromatic heterocycles. The number of amides is 2. The van der Waals surface area contributed by atoms with Crippen LogP contribution in [0.1, 0.15) is 13.3 Å². The summed E-state index contributed by atoms with van der Waals surface area (Å²) in [6.45, 7) is 3.47. The van der Waals surface area contributed by atoms with Crippen molar-refractivity contribution in [3.05, 3.63) is 29.3 Å². The summed E-state index contributed by atoms with van der Waals surface area (Å²) in [6, 6.07) is 6.66. The van der Waals surface area contributed by atoms with Crippen molar-refractivity contribution in [3.63, 3.8) is 0 Å². The molecule has 0 fully saturated rings. The molecule has 0 spiro atoms. The van der Waals surface area contributed by atoms with Crippen molar-refractivity contribution < 1.29 is 14.3 Å². The minimum Gasteiger partial charge on any atom is -0.469 e. The van der Waals surface area contributed by atoms with E-state index in [0.29, 0.717) is 23.8 Å². The van der Waals surface area contributed by atoms with E-state index in [-0.39, 0.29) is 17.9 Å². The van der Waals surface area contributed by atoms with Crippen LogP contribution in [0.2, 0.25) is 5.02 Å². The summed E-state index contributed by atoms with van der Waals surface area (Å²) in [7, 11) is 5.31. The molecule has 0 aliphatic carbocycles. The van der Waals surface area contributed by atoms with E-state index < -0.39 is 0 Å². The summed E-state index contributed by atoms with van der Waals surface area (Å²) in [5.74, 6) is -0.711. The minimum atomic E-state index is -0.384. The Balaban J connectivity index is 2.71. The molecule has 24 heavy (non-hydrogen) atoms. The van der Waals surface area contributed by atoms with Crippen molar-refractivity contribution in [2.75, 3.05) is 46.2 Å². The molecule has 7 heteroatoms. The van der Waals surface area contributed by atoms with Gasteiger partial charge in [0.15, 0.2) is 0 Å². The van der Waals surface area contributed by atoms with E-state index in [4.69, 9.17) is 16.3 Å². The zero-order valence-corrected chi connectivity index (χ0v) is 15.5. The van der Waals surface area contributed by atoms with Crippen LogP contribution < -0.4 is 5.32 Å². The highest BCUT2D eigenvalue weighted by Gasteiger charge is 2.21. The predicted octanol–water partition coefficient (Wildman–Crippen LogP) is 2.93. The van der Waals surface area contributed by atoms with Crippen LogP contribution in [0.3, 0.4) is 0 Å². The molecule has 1 atom stereocenters. The van der Waals surface area contributed by atoms with Crippen LogP contribution >= 0.6 is 11.6 Å². The van der Waals surface area contributed by atoms with E-state index in [9.17, 15) is 9.59 Å². The van der Waals surface area contributed by atoms with Gasteiger partial charge in [0.2, 0.25) is 0 Å². The lowest BCUT2D eigenvalue weighted by Gasteiger charge is -2.26. The molecule has 0 saturated heterocycles. The Morgan fingerprint density at radius 3 is 2.38 bits per heavy atom. The highest BCUT2D eigenvalue weighted by atomic mass is 35.5. The Kier molecular flexibility index (Phi) is 8.57. The van der Waals surface area contributed by atoms with Gasteiger partial charge in [0.25, 0.3) is 0 Å². The number of carbonyl (C=O) groups excluding carboxylic acids is 2. The maximum Gasteiger partial charge on any atom is 0.321 e. The Bertz CT molecular complexity index is 534. The minimum absolute atomic E-state index is 0.244. The zero-order chi connectivity index (χ0) is 18.1. The Morgan fingerprint density at radius 2 is 1.83 bits per heavy atom. The highest BCUT2D eigenvalue weighted by molar-refractivity contribution is 6.30. The van der Waals surface area contributed by atoms with Gasteiger partial charge < -0.3 is 19.9 Å². The monoisotopic (exact) mass is 355 g/mol. The molecule has 0 radical (unpaired) electrons. The third-order valence-corrected chi connectivity index (χ3v) is 3.77. The lowest BCUT2D eigenvalue weighted by atomic mass is 10.1. The van der Waals surface area contributed by atoms with Crippen LogP contribution in [0.25, 0.3) is 0 Å². The number of hydrogen-bond donors (Lipinski definition) is 1. The van der Waals surface area contributed by atoms with Crippen LogP contribution in [0, 0.1) is 5.92 Å². The molecule has 0 aliphatic heterocycles. The molecule has 0 heterocycles. The SMILES string of the molecule is COC(=O)C(C)CN(CCCN(C)C)C(=O)Nc1ccc(Cl)cc1. The number of nitrogens with one attached hydrogen (secondary N) is 1. The van der Waals surface area contributed by atoms with Gasteiger partial charge in [-0.1, -0.05) is 18.5 Å². The first-order chi connectivity index (χ1) is 11.3. The summed E-state index contributed by atoms with van der Waals surface area (Å²) >= 11 is 5.85. The van der Waals surface area contributed by atoms with Gasteiger partial charge in [-0.15, -0.1) is 0 Å². The van der Waals surface area contributed by atoms with Crippen molar-refractivity contribution in [1.29, 1.82) is 0 Å². The normalized spacial score (nSPS) is 11.9. The number of methoxy groups -OCH3 is 1. The van der Waals surface area contributed by atoms with Gasteiger partial charge in [-0.05, 0) is 51.3 Å². The smallest absolute Gasteiger partial charge is 0.321 e. The van der Waals surface area contributed by atoms with E-state index in [2.05, 4.69) is 10.2 Å². The maximum absolute atomic E-state index is 12.5. The van der Waals surface area contributed by atoms with Crippen LogP contribution in [0.5, 0.6) is 0 Å². The molecule has 0 bridgehead atoms. The number of nitrogens with zero attached hydrogens (tertiary/aromatic N) is 2. The summed E-state index contributed by atoms with van der Waals surface area (Å²) in [5.41, 5.74) is 0.660. The van der Waals surface area contributed by atoms with Crippen LogP contribution in [-0.4, -0.2) is 62.6 Å². The number of anilines is 1. The van der Waals surface area contributed by atoms with E-state index in [1.807, 2.05) is 14.1 Å². The standard InChI is InChI=1S/C17H26ClN3O3/c1-13(16(22)24-4)12-21(11-5-10-20(2)3)17(23)19-15-8-6-14(18)7-9-15/h6-9,13H,5,10-12H2,1-4H3,(H,19,23). The van der Waals surface area contributed by atoms with Gasteiger partial charge >= 0.3 is 12.0 Å². The molecule has 1 aromatic carbocycles. The molecule has 134 valence electrons. The fraction of sp³-hybridized carbons (Fsp3) is 0.529. The second-order valence-electron chi connectivity index (χ2n) is 5.96. The third-order valence-electron chi connectivity index (χ3n) is 3.51. The van der Waals surface area contributed by atoms with Crippen molar-refractivity contribution in [1.82, 2.24) is 9.80 Å².